The Morgan fingerprint density at radius 2 is 1.86 bits per heavy atom. The van der Waals surface area contributed by atoms with E-state index in [0.717, 1.165) is 24.6 Å². The highest BCUT2D eigenvalue weighted by molar-refractivity contribution is 7.80. The third-order valence-corrected chi connectivity index (χ3v) is 3.34. The van der Waals surface area contributed by atoms with Crippen LogP contribution in [0, 0.1) is 5.92 Å². The second-order valence-electron chi connectivity index (χ2n) is 3.62. The van der Waals surface area contributed by atoms with Gasteiger partial charge >= 0.3 is 0 Å². The second-order valence-corrected chi connectivity index (χ2v) is 4.35. The van der Waals surface area contributed by atoms with Crippen LogP contribution >= 0.6 is 25.3 Å². The van der Waals surface area contributed by atoms with Crippen LogP contribution in [0.15, 0.2) is 0 Å². The fourth-order valence-electron chi connectivity index (χ4n) is 1.53. The van der Waals surface area contributed by atoms with E-state index >= 15 is 0 Å². The maximum atomic E-state index is 4.35. The van der Waals surface area contributed by atoms with Crippen molar-refractivity contribution in [2.75, 3.05) is 31.6 Å². The fourth-order valence-corrected chi connectivity index (χ4v) is 2.15. The number of thiol groups is 2. The summed E-state index contributed by atoms with van der Waals surface area (Å²) in [5.74, 6) is 2.57. The van der Waals surface area contributed by atoms with Crippen molar-refractivity contribution in [2.45, 2.75) is 25.8 Å². The Labute approximate surface area is 99.4 Å². The van der Waals surface area contributed by atoms with Gasteiger partial charge in [0, 0.05) is 11.8 Å². The van der Waals surface area contributed by atoms with Gasteiger partial charge < -0.3 is 10.6 Å². The standard InChI is InChI=1S/C10H24N2S2/c1-3-12-10(8-14)5-4-9(7-13)6-11-2/h9-14H,3-8H2,1-2H3/t9-,10-/m1/s1. The van der Waals surface area contributed by atoms with Crippen LogP contribution in [0.5, 0.6) is 0 Å². The Kier molecular flexibility index (Phi) is 10.6. The Morgan fingerprint density at radius 3 is 2.29 bits per heavy atom. The summed E-state index contributed by atoms with van der Waals surface area (Å²) in [7, 11) is 2.00. The van der Waals surface area contributed by atoms with Gasteiger partial charge in [-0.2, -0.15) is 25.3 Å². The number of hydrogen-bond donors (Lipinski definition) is 4. The average Bonchev–Trinajstić information content (AvgIpc) is 2.22. The number of rotatable bonds is 9. The normalized spacial score (nSPS) is 15.4. The van der Waals surface area contributed by atoms with Crippen molar-refractivity contribution < 1.29 is 0 Å². The summed E-state index contributed by atoms with van der Waals surface area (Å²) in [4.78, 5) is 0. The van der Waals surface area contributed by atoms with Crippen LogP contribution in [0.4, 0.5) is 0 Å². The molecule has 2 N–H and O–H groups in total. The number of hydrogen-bond acceptors (Lipinski definition) is 4. The van der Waals surface area contributed by atoms with E-state index in [4.69, 9.17) is 0 Å². The second kappa shape index (κ2) is 10.1. The summed E-state index contributed by atoms with van der Waals surface area (Å²) < 4.78 is 0. The zero-order chi connectivity index (χ0) is 10.8. The molecule has 2 nitrogen and oxygen atoms in total. The van der Waals surface area contributed by atoms with E-state index in [9.17, 15) is 0 Å². The van der Waals surface area contributed by atoms with Crippen LogP contribution in [0.2, 0.25) is 0 Å². The smallest absolute Gasteiger partial charge is 0.0155 e. The predicted molar refractivity (Wildman–Crippen MR) is 71.8 cm³/mol. The molecule has 0 amide bonds. The minimum absolute atomic E-state index is 0.558. The van der Waals surface area contributed by atoms with Gasteiger partial charge in [0.1, 0.15) is 0 Å². The molecule has 0 radical (unpaired) electrons. The molecule has 0 aliphatic carbocycles. The Hall–Kier alpha value is 0.620. The van der Waals surface area contributed by atoms with Crippen molar-refractivity contribution in [1.29, 1.82) is 0 Å². The molecular formula is C10H24N2S2. The zero-order valence-corrected chi connectivity index (χ0v) is 11.1. The van der Waals surface area contributed by atoms with Crippen molar-refractivity contribution in [1.82, 2.24) is 10.6 Å². The van der Waals surface area contributed by atoms with E-state index in [0.29, 0.717) is 12.0 Å². The maximum Gasteiger partial charge on any atom is 0.0155 e. The van der Waals surface area contributed by atoms with Gasteiger partial charge in [-0.25, -0.2) is 0 Å². The first-order valence-electron chi connectivity index (χ1n) is 5.38. The van der Waals surface area contributed by atoms with Crippen molar-refractivity contribution in [2.24, 2.45) is 5.92 Å². The van der Waals surface area contributed by atoms with Crippen molar-refractivity contribution in [3.63, 3.8) is 0 Å². The Morgan fingerprint density at radius 1 is 1.14 bits per heavy atom. The quantitative estimate of drug-likeness (QED) is 0.456. The highest BCUT2D eigenvalue weighted by Gasteiger charge is 2.10. The Balaban J connectivity index is 3.63. The van der Waals surface area contributed by atoms with Crippen LogP contribution in [-0.2, 0) is 0 Å². The summed E-state index contributed by atoms with van der Waals surface area (Å²) >= 11 is 8.69. The molecule has 0 unspecified atom stereocenters. The molecule has 14 heavy (non-hydrogen) atoms. The molecule has 0 bridgehead atoms. The molecule has 0 aromatic rings. The molecule has 0 rings (SSSR count). The topological polar surface area (TPSA) is 24.1 Å². The summed E-state index contributed by atoms with van der Waals surface area (Å²) in [6.07, 6.45) is 2.42. The van der Waals surface area contributed by atoms with E-state index in [1.54, 1.807) is 0 Å². The van der Waals surface area contributed by atoms with Crippen molar-refractivity contribution >= 4 is 25.3 Å². The lowest BCUT2D eigenvalue weighted by molar-refractivity contribution is 0.438. The highest BCUT2D eigenvalue weighted by Crippen LogP contribution is 2.10. The van der Waals surface area contributed by atoms with E-state index in [2.05, 4.69) is 42.8 Å². The molecule has 0 fully saturated rings. The molecule has 4 heteroatoms. The predicted octanol–water partition coefficient (Wildman–Crippen LogP) is 1.44. The lowest BCUT2D eigenvalue weighted by atomic mass is 10.0. The summed E-state index contributed by atoms with van der Waals surface area (Å²) in [5.41, 5.74) is 0. The first-order chi connectivity index (χ1) is 6.78. The molecule has 0 aliphatic heterocycles. The van der Waals surface area contributed by atoms with Gasteiger partial charge in [-0.15, -0.1) is 0 Å². The van der Waals surface area contributed by atoms with Crippen LogP contribution in [0.3, 0.4) is 0 Å². The van der Waals surface area contributed by atoms with Crippen LogP contribution in [-0.4, -0.2) is 37.7 Å². The average molecular weight is 236 g/mol. The lowest BCUT2D eigenvalue weighted by Crippen LogP contribution is -2.32. The molecule has 0 heterocycles. The van der Waals surface area contributed by atoms with Gasteiger partial charge in [-0.1, -0.05) is 6.92 Å². The SMILES string of the molecule is CCN[C@@H](CS)CC[C@@H](CS)CNC. The minimum Gasteiger partial charge on any atom is -0.319 e. The first kappa shape index (κ1) is 14.6. The molecule has 0 spiro atoms. The van der Waals surface area contributed by atoms with E-state index in [1.807, 2.05) is 7.05 Å². The van der Waals surface area contributed by atoms with E-state index in [-0.39, 0.29) is 0 Å². The minimum atomic E-state index is 0.558. The fraction of sp³-hybridized carbons (Fsp3) is 1.00. The molecule has 0 aromatic heterocycles. The molecule has 0 aliphatic rings. The van der Waals surface area contributed by atoms with Gasteiger partial charge in [-0.05, 0) is 44.6 Å². The monoisotopic (exact) mass is 236 g/mol. The first-order valence-corrected chi connectivity index (χ1v) is 6.64. The van der Waals surface area contributed by atoms with Crippen LogP contribution in [0.25, 0.3) is 0 Å². The van der Waals surface area contributed by atoms with Crippen molar-refractivity contribution in [3.05, 3.63) is 0 Å². The molecule has 0 saturated heterocycles. The highest BCUT2D eigenvalue weighted by atomic mass is 32.1. The van der Waals surface area contributed by atoms with Gasteiger partial charge in [0.2, 0.25) is 0 Å². The third-order valence-electron chi connectivity index (χ3n) is 2.39. The number of nitrogens with one attached hydrogen (secondary N) is 2. The van der Waals surface area contributed by atoms with E-state index < -0.39 is 0 Å². The lowest BCUT2D eigenvalue weighted by Gasteiger charge is -2.19. The van der Waals surface area contributed by atoms with Gasteiger partial charge in [0.15, 0.2) is 0 Å². The van der Waals surface area contributed by atoms with Gasteiger partial charge in [-0.3, -0.25) is 0 Å². The molecule has 2 atom stereocenters. The maximum absolute atomic E-state index is 4.35. The van der Waals surface area contributed by atoms with Gasteiger partial charge in [0.05, 0.1) is 0 Å². The summed E-state index contributed by atoms with van der Waals surface area (Å²) in [6.45, 7) is 4.23. The van der Waals surface area contributed by atoms with Crippen LogP contribution in [0.1, 0.15) is 19.8 Å². The Bertz CT molecular complexity index is 109. The zero-order valence-electron chi connectivity index (χ0n) is 9.29. The van der Waals surface area contributed by atoms with Crippen LogP contribution < -0.4 is 10.6 Å². The largest absolute Gasteiger partial charge is 0.319 e. The molecule has 86 valence electrons. The summed E-state index contributed by atoms with van der Waals surface area (Å²) in [5, 5.41) is 6.64. The van der Waals surface area contributed by atoms with Gasteiger partial charge in [0.25, 0.3) is 0 Å². The molecule has 0 saturated carbocycles. The van der Waals surface area contributed by atoms with E-state index in [1.165, 1.54) is 12.8 Å². The van der Waals surface area contributed by atoms with Crippen molar-refractivity contribution in [3.8, 4) is 0 Å². The molecule has 0 aromatic carbocycles. The third kappa shape index (κ3) is 6.98. The summed E-state index contributed by atoms with van der Waals surface area (Å²) in [6, 6.07) is 0.558. The molecular weight excluding hydrogens is 212 g/mol.